The molecule has 0 saturated heterocycles. The van der Waals surface area contributed by atoms with E-state index in [-0.39, 0.29) is 5.75 Å². The third kappa shape index (κ3) is 5.29. The predicted molar refractivity (Wildman–Crippen MR) is 115 cm³/mol. The summed E-state index contributed by atoms with van der Waals surface area (Å²) in [6.45, 7) is 8.81. The van der Waals surface area contributed by atoms with Gasteiger partial charge in [0.15, 0.2) is 9.84 Å². The number of nitrogens with zero attached hydrogens (tertiary/aromatic N) is 5. The van der Waals surface area contributed by atoms with Crippen LogP contribution in [0.25, 0.3) is 21.2 Å². The minimum Gasteiger partial charge on any atom is -0.474 e. The largest absolute Gasteiger partial charge is 0.474 e. The van der Waals surface area contributed by atoms with Gasteiger partial charge in [0.05, 0.1) is 28.0 Å². The van der Waals surface area contributed by atoms with Crippen LogP contribution in [0.2, 0.25) is 5.15 Å². The van der Waals surface area contributed by atoms with Crippen LogP contribution in [0.1, 0.15) is 53.2 Å². The molecule has 0 spiro atoms. The Balaban J connectivity index is 2.50. The van der Waals surface area contributed by atoms with Crippen molar-refractivity contribution in [2.24, 2.45) is 5.11 Å². The molecule has 0 aliphatic carbocycles. The Morgan fingerprint density at radius 2 is 2.03 bits per heavy atom. The molecule has 158 valence electrons. The number of rotatable bonds is 9. The Morgan fingerprint density at radius 1 is 1.34 bits per heavy atom. The van der Waals surface area contributed by atoms with Crippen LogP contribution in [0.5, 0.6) is 5.88 Å². The molecule has 2 heterocycles. The van der Waals surface area contributed by atoms with Gasteiger partial charge in [-0.25, -0.2) is 18.4 Å². The summed E-state index contributed by atoms with van der Waals surface area (Å²) in [6, 6.07) is 3.50. The number of aromatic nitrogens is 2. The maximum Gasteiger partial charge on any atom is 0.223 e. The highest BCUT2D eigenvalue weighted by molar-refractivity contribution is 7.91. The standard InChI is InChI=1S/C19H26ClN5O3S/c1-6-19(5,24-25-21)16-9-14-10-17(20)22-11-15(14)18(23-16)28-12(3)8-13(4)29(26,27)7-2/h9-13H,6-8H2,1-5H3/t12-,13-,19-/m1/s1. The third-order valence-electron chi connectivity index (χ3n) is 5.14. The zero-order chi connectivity index (χ0) is 21.8. The van der Waals surface area contributed by atoms with Crippen molar-refractivity contribution in [3.05, 3.63) is 39.6 Å². The number of hydrogen-bond donors (Lipinski definition) is 0. The van der Waals surface area contributed by atoms with Crippen LogP contribution in [0.4, 0.5) is 0 Å². The minimum atomic E-state index is -3.16. The molecule has 2 rings (SSSR count). The summed E-state index contributed by atoms with van der Waals surface area (Å²) in [5.41, 5.74) is 8.66. The zero-order valence-corrected chi connectivity index (χ0v) is 18.8. The van der Waals surface area contributed by atoms with Gasteiger partial charge in [0.2, 0.25) is 5.88 Å². The van der Waals surface area contributed by atoms with Gasteiger partial charge in [-0.05, 0) is 50.2 Å². The van der Waals surface area contributed by atoms with E-state index < -0.39 is 26.7 Å². The topological polar surface area (TPSA) is 118 Å². The number of halogens is 1. The molecule has 0 aliphatic heterocycles. The molecule has 0 unspecified atom stereocenters. The molecular formula is C19H26ClN5O3S. The quantitative estimate of drug-likeness (QED) is 0.230. The van der Waals surface area contributed by atoms with E-state index in [4.69, 9.17) is 21.9 Å². The van der Waals surface area contributed by atoms with E-state index in [1.54, 1.807) is 40.0 Å². The van der Waals surface area contributed by atoms with Crippen molar-refractivity contribution >= 4 is 32.2 Å². The zero-order valence-electron chi connectivity index (χ0n) is 17.3. The summed E-state index contributed by atoms with van der Waals surface area (Å²) in [7, 11) is -3.16. The van der Waals surface area contributed by atoms with E-state index >= 15 is 0 Å². The first-order valence-electron chi connectivity index (χ1n) is 9.47. The highest BCUT2D eigenvalue weighted by atomic mass is 35.5. The van der Waals surface area contributed by atoms with E-state index in [9.17, 15) is 8.42 Å². The van der Waals surface area contributed by atoms with Crippen LogP contribution in [0.3, 0.4) is 0 Å². The normalized spacial score (nSPS) is 15.9. The van der Waals surface area contributed by atoms with Gasteiger partial charge in [-0.15, -0.1) is 0 Å². The van der Waals surface area contributed by atoms with Crippen LogP contribution in [-0.4, -0.2) is 35.5 Å². The molecule has 0 saturated carbocycles. The maximum absolute atomic E-state index is 12.1. The third-order valence-corrected chi connectivity index (χ3v) is 7.57. The number of sulfone groups is 1. The van der Waals surface area contributed by atoms with Gasteiger partial charge in [0.25, 0.3) is 0 Å². The first-order valence-corrected chi connectivity index (χ1v) is 11.6. The number of azide groups is 1. The van der Waals surface area contributed by atoms with E-state index in [1.807, 2.05) is 13.0 Å². The number of pyridine rings is 2. The molecule has 0 amide bonds. The second kappa shape index (κ2) is 9.15. The SMILES string of the molecule is CC[C@@](C)(N=[N+]=[N-])c1cc2cc(Cl)ncc2c(O[C@H](C)C[C@@H](C)S(=O)(=O)CC)n1. The molecule has 2 aromatic rings. The lowest BCUT2D eigenvalue weighted by Crippen LogP contribution is -2.27. The summed E-state index contributed by atoms with van der Waals surface area (Å²) in [5, 5.41) is 5.10. The second-order valence-electron chi connectivity index (χ2n) is 7.28. The lowest BCUT2D eigenvalue weighted by molar-refractivity contribution is 0.203. The van der Waals surface area contributed by atoms with Gasteiger partial charge in [0, 0.05) is 23.3 Å². The highest BCUT2D eigenvalue weighted by Crippen LogP contribution is 2.34. The van der Waals surface area contributed by atoms with Gasteiger partial charge in [-0.2, -0.15) is 0 Å². The molecular weight excluding hydrogens is 414 g/mol. The summed E-state index contributed by atoms with van der Waals surface area (Å²) in [4.78, 5) is 11.7. The Bertz CT molecular complexity index is 1040. The Hall–Kier alpha value is -2.09. The minimum absolute atomic E-state index is 0.0843. The molecule has 0 aliphatic rings. The van der Waals surface area contributed by atoms with Crippen molar-refractivity contribution < 1.29 is 13.2 Å². The van der Waals surface area contributed by atoms with Crippen molar-refractivity contribution in [2.45, 2.75) is 64.4 Å². The lowest BCUT2D eigenvalue weighted by atomic mass is 9.94. The van der Waals surface area contributed by atoms with E-state index in [0.29, 0.717) is 35.0 Å². The molecule has 0 fully saturated rings. The molecule has 0 radical (unpaired) electrons. The molecule has 0 aromatic carbocycles. The average Bonchev–Trinajstić information content (AvgIpc) is 2.67. The monoisotopic (exact) mass is 439 g/mol. The van der Waals surface area contributed by atoms with E-state index in [0.717, 1.165) is 5.39 Å². The molecule has 3 atom stereocenters. The summed E-state index contributed by atoms with van der Waals surface area (Å²) in [6.07, 6.45) is 2.03. The molecule has 8 nitrogen and oxygen atoms in total. The van der Waals surface area contributed by atoms with E-state index in [2.05, 4.69) is 20.0 Å². The summed E-state index contributed by atoms with van der Waals surface area (Å²) >= 11 is 6.05. The van der Waals surface area contributed by atoms with Gasteiger partial charge in [-0.3, -0.25) is 0 Å². The molecule has 0 bridgehead atoms. The van der Waals surface area contributed by atoms with Crippen LogP contribution >= 0.6 is 11.6 Å². The first-order chi connectivity index (χ1) is 13.6. The first kappa shape index (κ1) is 23.2. The smallest absolute Gasteiger partial charge is 0.223 e. The van der Waals surface area contributed by atoms with Gasteiger partial charge in [0.1, 0.15) is 5.15 Å². The number of hydrogen-bond acceptors (Lipinski definition) is 6. The second-order valence-corrected chi connectivity index (χ2v) is 10.4. The van der Waals surface area contributed by atoms with Crippen LogP contribution in [0.15, 0.2) is 23.4 Å². The molecule has 10 heteroatoms. The Morgan fingerprint density at radius 3 is 2.62 bits per heavy atom. The Kier molecular flexibility index (Phi) is 7.32. The lowest BCUT2D eigenvalue weighted by Gasteiger charge is -2.24. The number of ether oxygens (including phenoxy) is 1. The highest BCUT2D eigenvalue weighted by Gasteiger charge is 2.28. The van der Waals surface area contributed by atoms with Crippen molar-refractivity contribution in [1.82, 2.24) is 9.97 Å². The van der Waals surface area contributed by atoms with Crippen LogP contribution < -0.4 is 4.74 Å². The van der Waals surface area contributed by atoms with Gasteiger partial charge < -0.3 is 4.74 Å². The summed E-state index contributed by atoms with van der Waals surface area (Å²) in [5.74, 6) is 0.393. The fourth-order valence-corrected chi connectivity index (χ4v) is 4.30. The average molecular weight is 440 g/mol. The van der Waals surface area contributed by atoms with Gasteiger partial charge in [-0.1, -0.05) is 30.6 Å². The van der Waals surface area contributed by atoms with Crippen molar-refractivity contribution in [3.8, 4) is 5.88 Å². The number of fused-ring (bicyclic) bond motifs is 1. The maximum atomic E-state index is 12.1. The fourth-order valence-electron chi connectivity index (χ4n) is 3.00. The van der Waals surface area contributed by atoms with Gasteiger partial charge >= 0.3 is 0 Å². The van der Waals surface area contributed by atoms with E-state index in [1.165, 1.54) is 0 Å². The predicted octanol–water partition coefficient (Wildman–Crippen LogP) is 5.20. The van der Waals surface area contributed by atoms with Crippen molar-refractivity contribution in [1.29, 1.82) is 0 Å². The van der Waals surface area contributed by atoms with Crippen molar-refractivity contribution in [2.75, 3.05) is 5.75 Å². The van der Waals surface area contributed by atoms with Crippen LogP contribution in [-0.2, 0) is 15.4 Å². The van der Waals surface area contributed by atoms with Crippen LogP contribution in [0, 0.1) is 0 Å². The molecule has 2 aromatic heterocycles. The molecule has 0 N–H and O–H groups in total. The van der Waals surface area contributed by atoms with Crippen molar-refractivity contribution in [3.63, 3.8) is 0 Å². The molecule has 29 heavy (non-hydrogen) atoms. The summed E-state index contributed by atoms with van der Waals surface area (Å²) < 4.78 is 30.2. The Labute approximate surface area is 176 Å². The fraction of sp³-hybridized carbons (Fsp3) is 0.579.